The minimum absolute atomic E-state index is 0.243. The summed E-state index contributed by atoms with van der Waals surface area (Å²) >= 11 is 11.9. The number of carbonyl (C=O) groups excluding carboxylic acids is 2. The van der Waals surface area contributed by atoms with E-state index in [1.54, 1.807) is 38.1 Å². The van der Waals surface area contributed by atoms with Crippen LogP contribution < -0.4 is 5.32 Å². The number of rotatable bonds is 5. The molecule has 0 atom stereocenters. The first kappa shape index (κ1) is 18.0. The van der Waals surface area contributed by atoms with E-state index < -0.39 is 11.9 Å². The number of aromatic nitrogens is 2. The lowest BCUT2D eigenvalue weighted by Gasteiger charge is -2.03. The molecule has 126 valence electrons. The SMILES string of the molecule is CCOC(=O)/C=C(\C)NC(=O)c1cc(-c2ccc(Cl)c(Cl)c2)n[nH]1. The van der Waals surface area contributed by atoms with Crippen LogP contribution in [0, 0.1) is 0 Å². The second-order valence-electron chi connectivity index (χ2n) is 4.83. The summed E-state index contributed by atoms with van der Waals surface area (Å²) in [6.45, 7) is 3.56. The maximum Gasteiger partial charge on any atom is 0.332 e. The van der Waals surface area contributed by atoms with Crippen molar-refractivity contribution in [1.82, 2.24) is 15.5 Å². The summed E-state index contributed by atoms with van der Waals surface area (Å²) in [5.74, 6) is -0.941. The summed E-state index contributed by atoms with van der Waals surface area (Å²) in [6.07, 6.45) is 1.21. The molecule has 0 radical (unpaired) electrons. The molecule has 6 nitrogen and oxygen atoms in total. The van der Waals surface area contributed by atoms with Crippen molar-refractivity contribution in [1.29, 1.82) is 0 Å². The third-order valence-electron chi connectivity index (χ3n) is 2.97. The van der Waals surface area contributed by atoms with Crippen LogP contribution in [0.4, 0.5) is 0 Å². The van der Waals surface area contributed by atoms with E-state index in [9.17, 15) is 9.59 Å². The van der Waals surface area contributed by atoms with Crippen LogP contribution in [0.5, 0.6) is 0 Å². The first-order chi connectivity index (χ1) is 11.4. The number of hydrogen-bond donors (Lipinski definition) is 2. The van der Waals surface area contributed by atoms with Gasteiger partial charge in [0.2, 0.25) is 0 Å². The molecule has 0 bridgehead atoms. The standard InChI is InChI=1S/C16H15Cl2N3O3/c1-3-24-15(22)6-9(2)19-16(23)14-8-13(20-21-14)10-4-5-11(17)12(18)7-10/h4-8H,3H2,1-2H3,(H,19,23)(H,20,21)/b9-6+. The van der Waals surface area contributed by atoms with Crippen molar-refractivity contribution in [3.63, 3.8) is 0 Å². The largest absolute Gasteiger partial charge is 0.463 e. The summed E-state index contributed by atoms with van der Waals surface area (Å²) in [5.41, 5.74) is 1.88. The molecule has 0 fully saturated rings. The Morgan fingerprint density at radius 2 is 2.04 bits per heavy atom. The molecule has 0 saturated heterocycles. The van der Waals surface area contributed by atoms with Gasteiger partial charge in [-0.25, -0.2) is 4.79 Å². The molecule has 8 heteroatoms. The molecule has 0 spiro atoms. The Hall–Kier alpha value is -2.31. The van der Waals surface area contributed by atoms with E-state index in [1.807, 2.05) is 0 Å². The molecule has 1 aromatic carbocycles. The number of ether oxygens (including phenoxy) is 1. The second-order valence-corrected chi connectivity index (χ2v) is 5.64. The van der Waals surface area contributed by atoms with Crippen LogP contribution in [0.2, 0.25) is 10.0 Å². The van der Waals surface area contributed by atoms with Crippen molar-refractivity contribution in [2.24, 2.45) is 0 Å². The van der Waals surface area contributed by atoms with Gasteiger partial charge in [0.05, 0.1) is 22.3 Å². The van der Waals surface area contributed by atoms with E-state index in [4.69, 9.17) is 27.9 Å². The first-order valence-corrected chi connectivity index (χ1v) is 7.83. The Kier molecular flexibility index (Phi) is 6.00. The lowest BCUT2D eigenvalue weighted by atomic mass is 10.1. The Labute approximate surface area is 148 Å². The molecule has 0 saturated carbocycles. The van der Waals surface area contributed by atoms with Gasteiger partial charge in [-0.1, -0.05) is 29.3 Å². The van der Waals surface area contributed by atoms with Crippen molar-refractivity contribution in [3.05, 3.63) is 51.8 Å². The quantitative estimate of drug-likeness (QED) is 0.624. The summed E-state index contributed by atoms with van der Waals surface area (Å²) in [6, 6.07) is 6.64. The van der Waals surface area contributed by atoms with Crippen molar-refractivity contribution < 1.29 is 14.3 Å². The van der Waals surface area contributed by atoms with Crippen molar-refractivity contribution >= 4 is 35.1 Å². The van der Waals surface area contributed by atoms with Gasteiger partial charge < -0.3 is 10.1 Å². The monoisotopic (exact) mass is 367 g/mol. The third-order valence-corrected chi connectivity index (χ3v) is 3.71. The molecule has 2 aromatic rings. The van der Waals surface area contributed by atoms with E-state index >= 15 is 0 Å². The van der Waals surface area contributed by atoms with Crippen LogP contribution in [-0.2, 0) is 9.53 Å². The number of H-pyrrole nitrogens is 1. The molecular formula is C16H15Cl2N3O3. The van der Waals surface area contributed by atoms with Crippen LogP contribution in [-0.4, -0.2) is 28.7 Å². The van der Waals surface area contributed by atoms with Crippen LogP contribution >= 0.6 is 23.2 Å². The molecule has 2 N–H and O–H groups in total. The molecule has 24 heavy (non-hydrogen) atoms. The maximum absolute atomic E-state index is 12.1. The number of hydrogen-bond acceptors (Lipinski definition) is 4. The average Bonchev–Trinajstić information content (AvgIpc) is 3.00. The lowest BCUT2D eigenvalue weighted by molar-refractivity contribution is -0.137. The molecule has 0 aliphatic rings. The highest BCUT2D eigenvalue weighted by molar-refractivity contribution is 6.42. The topological polar surface area (TPSA) is 84.1 Å². The lowest BCUT2D eigenvalue weighted by Crippen LogP contribution is -2.22. The zero-order chi connectivity index (χ0) is 17.7. The maximum atomic E-state index is 12.1. The van der Waals surface area contributed by atoms with E-state index in [1.165, 1.54) is 6.08 Å². The predicted molar refractivity (Wildman–Crippen MR) is 91.9 cm³/mol. The van der Waals surface area contributed by atoms with Crippen molar-refractivity contribution in [3.8, 4) is 11.3 Å². The first-order valence-electron chi connectivity index (χ1n) is 7.08. The Bertz CT molecular complexity index is 800. The summed E-state index contributed by atoms with van der Waals surface area (Å²) in [7, 11) is 0. The summed E-state index contributed by atoms with van der Waals surface area (Å²) < 4.78 is 4.77. The molecule has 1 aromatic heterocycles. The number of halogens is 2. The number of amides is 1. The highest BCUT2D eigenvalue weighted by atomic mass is 35.5. The minimum atomic E-state index is -0.517. The van der Waals surface area contributed by atoms with Gasteiger partial charge in [-0.15, -0.1) is 0 Å². The molecule has 2 rings (SSSR count). The molecule has 1 amide bonds. The predicted octanol–water partition coefficient (Wildman–Crippen LogP) is 3.58. The van der Waals surface area contributed by atoms with Gasteiger partial charge in [-0.05, 0) is 32.0 Å². The number of aromatic amines is 1. The van der Waals surface area contributed by atoms with Crippen LogP contribution in [0.1, 0.15) is 24.3 Å². The highest BCUT2D eigenvalue weighted by Crippen LogP contribution is 2.27. The van der Waals surface area contributed by atoms with Crippen LogP contribution in [0.3, 0.4) is 0 Å². The molecule has 0 unspecified atom stereocenters. The summed E-state index contributed by atoms with van der Waals surface area (Å²) in [4.78, 5) is 23.5. The van der Waals surface area contributed by atoms with Gasteiger partial charge in [0.15, 0.2) is 0 Å². The summed E-state index contributed by atoms with van der Waals surface area (Å²) in [5, 5.41) is 10.1. The average molecular weight is 368 g/mol. The third kappa shape index (κ3) is 4.59. The second kappa shape index (κ2) is 7.99. The van der Waals surface area contributed by atoms with Crippen molar-refractivity contribution in [2.45, 2.75) is 13.8 Å². The number of nitrogens with zero attached hydrogens (tertiary/aromatic N) is 1. The highest BCUT2D eigenvalue weighted by Gasteiger charge is 2.12. The van der Waals surface area contributed by atoms with Crippen LogP contribution in [0.25, 0.3) is 11.3 Å². The number of esters is 1. The Balaban J connectivity index is 2.11. The molecule has 0 aliphatic carbocycles. The number of carbonyl (C=O) groups is 2. The van der Waals surface area contributed by atoms with Crippen LogP contribution in [0.15, 0.2) is 36.0 Å². The van der Waals surface area contributed by atoms with E-state index in [2.05, 4.69) is 15.5 Å². The fourth-order valence-electron chi connectivity index (χ4n) is 1.88. The van der Waals surface area contributed by atoms with Gasteiger partial charge in [0, 0.05) is 17.3 Å². The minimum Gasteiger partial charge on any atom is -0.463 e. The van der Waals surface area contributed by atoms with E-state index in [0.717, 1.165) is 5.56 Å². The zero-order valence-electron chi connectivity index (χ0n) is 13.0. The number of benzene rings is 1. The fourth-order valence-corrected chi connectivity index (χ4v) is 2.18. The van der Waals surface area contributed by atoms with Gasteiger partial charge >= 0.3 is 5.97 Å². The molecule has 1 heterocycles. The fraction of sp³-hybridized carbons (Fsp3) is 0.188. The number of nitrogens with one attached hydrogen (secondary N) is 2. The molecular weight excluding hydrogens is 353 g/mol. The van der Waals surface area contributed by atoms with Gasteiger partial charge in [0.1, 0.15) is 5.69 Å². The van der Waals surface area contributed by atoms with E-state index in [-0.39, 0.29) is 12.3 Å². The smallest absolute Gasteiger partial charge is 0.332 e. The normalized spacial score (nSPS) is 11.2. The molecule has 0 aliphatic heterocycles. The van der Waals surface area contributed by atoms with Gasteiger partial charge in [0.25, 0.3) is 5.91 Å². The van der Waals surface area contributed by atoms with Gasteiger partial charge in [-0.3, -0.25) is 9.89 Å². The zero-order valence-corrected chi connectivity index (χ0v) is 14.5. The van der Waals surface area contributed by atoms with Gasteiger partial charge in [-0.2, -0.15) is 5.10 Å². The Morgan fingerprint density at radius 1 is 1.29 bits per heavy atom. The van der Waals surface area contributed by atoms with E-state index in [0.29, 0.717) is 21.4 Å². The Morgan fingerprint density at radius 3 is 2.71 bits per heavy atom. The number of allylic oxidation sites excluding steroid dienone is 1. The van der Waals surface area contributed by atoms with Crippen molar-refractivity contribution in [2.75, 3.05) is 6.61 Å².